The third-order valence-corrected chi connectivity index (χ3v) is 4.49. The van der Waals surface area contributed by atoms with Gasteiger partial charge >= 0.3 is 0 Å². The molecule has 0 aliphatic carbocycles. The molecule has 4 rings (SSSR count). The quantitative estimate of drug-likeness (QED) is 0.492. The highest BCUT2D eigenvalue weighted by Gasteiger charge is 2.12. The summed E-state index contributed by atoms with van der Waals surface area (Å²) in [7, 11) is 1.43. The van der Waals surface area contributed by atoms with Crippen LogP contribution in [0.25, 0.3) is 22.0 Å². The Kier molecular flexibility index (Phi) is 4.50. The monoisotopic (exact) mass is 365 g/mol. The Hall–Kier alpha value is -3.34. The van der Waals surface area contributed by atoms with Crippen molar-refractivity contribution < 1.29 is 18.3 Å². The summed E-state index contributed by atoms with van der Waals surface area (Å²) in [6.07, 6.45) is 1.90. The maximum atomic E-state index is 13.6. The Balaban J connectivity index is 1.54. The van der Waals surface area contributed by atoms with E-state index in [1.807, 2.05) is 30.5 Å². The SMILES string of the molecule is COc1cc(F)c(F)cc1-c1ccc(OCc2cccc3[nH]ccc23)cc1. The average molecular weight is 365 g/mol. The molecule has 0 fully saturated rings. The van der Waals surface area contributed by atoms with Crippen LogP contribution >= 0.6 is 0 Å². The van der Waals surface area contributed by atoms with E-state index in [2.05, 4.69) is 4.98 Å². The molecule has 136 valence electrons. The normalized spacial score (nSPS) is 10.9. The maximum Gasteiger partial charge on any atom is 0.162 e. The van der Waals surface area contributed by atoms with Gasteiger partial charge in [0.1, 0.15) is 18.1 Å². The molecule has 0 aliphatic rings. The van der Waals surface area contributed by atoms with Crippen LogP contribution in [-0.2, 0) is 6.61 Å². The number of nitrogens with one attached hydrogen (secondary N) is 1. The lowest BCUT2D eigenvalue weighted by atomic mass is 10.0. The van der Waals surface area contributed by atoms with Crippen molar-refractivity contribution in [3.05, 3.63) is 84.1 Å². The van der Waals surface area contributed by atoms with Crippen molar-refractivity contribution in [3.63, 3.8) is 0 Å². The molecule has 0 bridgehead atoms. The summed E-state index contributed by atoms with van der Waals surface area (Å²) in [4.78, 5) is 3.18. The summed E-state index contributed by atoms with van der Waals surface area (Å²) in [6.45, 7) is 0.434. The molecule has 5 heteroatoms. The molecule has 0 saturated heterocycles. The van der Waals surface area contributed by atoms with Crippen molar-refractivity contribution in [1.29, 1.82) is 0 Å². The summed E-state index contributed by atoms with van der Waals surface area (Å²) in [6, 6.07) is 17.4. The number of benzene rings is 3. The molecule has 3 aromatic carbocycles. The fourth-order valence-corrected chi connectivity index (χ4v) is 3.09. The van der Waals surface area contributed by atoms with Crippen LogP contribution in [-0.4, -0.2) is 12.1 Å². The highest BCUT2D eigenvalue weighted by Crippen LogP contribution is 2.33. The van der Waals surface area contributed by atoms with Crippen LogP contribution in [0.15, 0.2) is 66.9 Å². The zero-order valence-corrected chi connectivity index (χ0v) is 14.6. The summed E-state index contributed by atoms with van der Waals surface area (Å²) >= 11 is 0. The molecule has 27 heavy (non-hydrogen) atoms. The molecule has 0 unspecified atom stereocenters. The second-order valence-corrected chi connectivity index (χ2v) is 6.14. The number of halogens is 2. The van der Waals surface area contributed by atoms with Crippen molar-refractivity contribution in [3.8, 4) is 22.6 Å². The Morgan fingerprint density at radius 1 is 0.926 bits per heavy atom. The van der Waals surface area contributed by atoms with Gasteiger partial charge in [-0.05, 0) is 41.5 Å². The molecular formula is C22H17F2NO2. The molecule has 1 N–H and O–H groups in total. The van der Waals surface area contributed by atoms with Crippen molar-refractivity contribution in [2.45, 2.75) is 6.61 Å². The summed E-state index contributed by atoms with van der Waals surface area (Å²) in [5.41, 5.74) is 3.35. The molecule has 0 radical (unpaired) electrons. The molecule has 0 saturated carbocycles. The number of H-pyrrole nitrogens is 1. The lowest BCUT2D eigenvalue weighted by Crippen LogP contribution is -1.96. The van der Waals surface area contributed by atoms with E-state index in [9.17, 15) is 8.78 Å². The molecular weight excluding hydrogens is 348 g/mol. The first kappa shape index (κ1) is 17.1. The molecule has 1 heterocycles. The Bertz CT molecular complexity index is 1090. The van der Waals surface area contributed by atoms with E-state index in [0.29, 0.717) is 23.5 Å². The molecule has 0 aliphatic heterocycles. The van der Waals surface area contributed by atoms with E-state index in [0.717, 1.165) is 28.6 Å². The number of aromatic nitrogens is 1. The standard InChI is InChI=1S/C22H17F2NO2/c1-26-22-12-20(24)19(23)11-18(22)14-5-7-16(8-6-14)27-13-15-3-2-4-21-17(15)9-10-25-21/h2-12,25H,13H2,1H3. The van der Waals surface area contributed by atoms with Gasteiger partial charge in [-0.15, -0.1) is 0 Å². The number of aromatic amines is 1. The first-order chi connectivity index (χ1) is 13.2. The van der Waals surface area contributed by atoms with Gasteiger partial charge in [-0.3, -0.25) is 0 Å². The number of fused-ring (bicyclic) bond motifs is 1. The van der Waals surface area contributed by atoms with Gasteiger partial charge in [0.05, 0.1) is 7.11 Å². The van der Waals surface area contributed by atoms with E-state index in [4.69, 9.17) is 9.47 Å². The first-order valence-electron chi connectivity index (χ1n) is 8.47. The highest BCUT2D eigenvalue weighted by atomic mass is 19.2. The summed E-state index contributed by atoms with van der Waals surface area (Å²) < 4.78 is 38.1. The second-order valence-electron chi connectivity index (χ2n) is 6.14. The van der Waals surface area contributed by atoms with E-state index in [-0.39, 0.29) is 5.75 Å². The van der Waals surface area contributed by atoms with E-state index >= 15 is 0 Å². The van der Waals surface area contributed by atoms with E-state index in [1.54, 1.807) is 24.3 Å². The predicted molar refractivity (Wildman–Crippen MR) is 101 cm³/mol. The van der Waals surface area contributed by atoms with Gasteiger partial charge in [0.15, 0.2) is 11.6 Å². The summed E-state index contributed by atoms with van der Waals surface area (Å²) in [5, 5.41) is 1.13. The number of methoxy groups -OCH3 is 1. The largest absolute Gasteiger partial charge is 0.496 e. The van der Waals surface area contributed by atoms with Crippen molar-refractivity contribution in [2.75, 3.05) is 7.11 Å². The van der Waals surface area contributed by atoms with Crippen LogP contribution in [0.3, 0.4) is 0 Å². The van der Waals surface area contributed by atoms with Crippen molar-refractivity contribution in [1.82, 2.24) is 4.98 Å². The number of rotatable bonds is 5. The van der Waals surface area contributed by atoms with Crippen molar-refractivity contribution >= 4 is 10.9 Å². The smallest absolute Gasteiger partial charge is 0.162 e. The first-order valence-corrected chi connectivity index (χ1v) is 8.47. The third kappa shape index (κ3) is 3.36. The zero-order valence-electron chi connectivity index (χ0n) is 14.6. The van der Waals surface area contributed by atoms with Crippen LogP contribution in [0.2, 0.25) is 0 Å². The number of hydrogen-bond donors (Lipinski definition) is 1. The molecule has 0 spiro atoms. The fraction of sp³-hybridized carbons (Fsp3) is 0.0909. The van der Waals surface area contributed by atoms with Gasteiger partial charge in [-0.2, -0.15) is 0 Å². The van der Waals surface area contributed by atoms with Crippen LogP contribution in [0.4, 0.5) is 8.78 Å². The minimum Gasteiger partial charge on any atom is -0.496 e. The van der Waals surface area contributed by atoms with Crippen LogP contribution < -0.4 is 9.47 Å². The zero-order chi connectivity index (χ0) is 18.8. The topological polar surface area (TPSA) is 34.2 Å². The van der Waals surface area contributed by atoms with Gasteiger partial charge in [0.2, 0.25) is 0 Å². The molecule has 1 aromatic heterocycles. The van der Waals surface area contributed by atoms with Gasteiger partial charge in [-0.25, -0.2) is 8.78 Å². The minimum absolute atomic E-state index is 0.279. The molecule has 0 atom stereocenters. The van der Waals surface area contributed by atoms with E-state index in [1.165, 1.54) is 7.11 Å². The lowest BCUT2D eigenvalue weighted by Gasteiger charge is -2.11. The van der Waals surface area contributed by atoms with E-state index < -0.39 is 11.6 Å². The van der Waals surface area contributed by atoms with Crippen molar-refractivity contribution in [2.24, 2.45) is 0 Å². The summed E-state index contributed by atoms with van der Waals surface area (Å²) in [5.74, 6) is -0.880. The number of hydrogen-bond acceptors (Lipinski definition) is 2. The third-order valence-electron chi connectivity index (χ3n) is 4.49. The number of ether oxygens (including phenoxy) is 2. The van der Waals surface area contributed by atoms with Gasteiger partial charge in [0.25, 0.3) is 0 Å². The van der Waals surface area contributed by atoms with Gasteiger partial charge < -0.3 is 14.5 Å². The highest BCUT2D eigenvalue weighted by molar-refractivity contribution is 5.82. The van der Waals surface area contributed by atoms with Crippen LogP contribution in [0.1, 0.15) is 5.56 Å². The lowest BCUT2D eigenvalue weighted by molar-refractivity contribution is 0.308. The molecule has 0 amide bonds. The molecule has 3 nitrogen and oxygen atoms in total. The predicted octanol–water partition coefficient (Wildman–Crippen LogP) is 5.70. The van der Waals surface area contributed by atoms with Crippen LogP contribution in [0, 0.1) is 11.6 Å². The molecule has 4 aromatic rings. The van der Waals surface area contributed by atoms with Gasteiger partial charge in [0, 0.05) is 28.7 Å². The Morgan fingerprint density at radius 3 is 2.48 bits per heavy atom. The van der Waals surface area contributed by atoms with Gasteiger partial charge in [-0.1, -0.05) is 24.3 Å². The maximum absolute atomic E-state index is 13.6. The Morgan fingerprint density at radius 2 is 1.70 bits per heavy atom. The second kappa shape index (κ2) is 7.11. The Labute approximate surface area is 155 Å². The minimum atomic E-state index is -0.936. The fourth-order valence-electron chi connectivity index (χ4n) is 3.09. The average Bonchev–Trinajstić information content (AvgIpc) is 3.18. The van der Waals surface area contributed by atoms with Crippen LogP contribution in [0.5, 0.6) is 11.5 Å².